The van der Waals surface area contributed by atoms with Crippen molar-refractivity contribution in [3.63, 3.8) is 0 Å². The van der Waals surface area contributed by atoms with Gasteiger partial charge in [0.1, 0.15) is 11.6 Å². The summed E-state index contributed by atoms with van der Waals surface area (Å²) >= 11 is 0. The zero-order valence-corrected chi connectivity index (χ0v) is 19.0. The highest BCUT2D eigenvalue weighted by Gasteiger charge is 2.26. The second-order valence-corrected chi connectivity index (χ2v) is 8.69. The first-order chi connectivity index (χ1) is 14.7. The van der Waals surface area contributed by atoms with Gasteiger partial charge in [-0.1, -0.05) is 39.8 Å². The second-order valence-electron chi connectivity index (χ2n) is 8.69. The topological polar surface area (TPSA) is 92.5 Å². The Bertz CT molecular complexity index is 948. The van der Waals surface area contributed by atoms with Gasteiger partial charge in [0.05, 0.1) is 4.92 Å². The van der Waals surface area contributed by atoms with Crippen LogP contribution in [0.3, 0.4) is 0 Å². The number of hydrogen-bond donors (Lipinski definition) is 0. The molecular formula is C23H31N5O3. The summed E-state index contributed by atoms with van der Waals surface area (Å²) in [5.74, 6) is 2.10. The third-order valence-corrected chi connectivity index (χ3v) is 5.64. The van der Waals surface area contributed by atoms with E-state index < -0.39 is 0 Å². The van der Waals surface area contributed by atoms with Gasteiger partial charge in [0.15, 0.2) is 0 Å². The fourth-order valence-electron chi connectivity index (χ4n) is 3.77. The zero-order chi connectivity index (χ0) is 22.7. The van der Waals surface area contributed by atoms with Crippen LogP contribution in [0.25, 0.3) is 0 Å². The maximum Gasteiger partial charge on any atom is 0.269 e. The molecule has 1 amide bonds. The summed E-state index contributed by atoms with van der Waals surface area (Å²) in [5, 5.41) is 11.0. The normalized spacial score (nSPS) is 14.4. The fourth-order valence-corrected chi connectivity index (χ4v) is 3.77. The Morgan fingerprint density at radius 1 is 1.06 bits per heavy atom. The first kappa shape index (κ1) is 22.7. The number of aryl methyl sites for hydroxylation is 1. The highest BCUT2D eigenvalue weighted by Crippen LogP contribution is 2.28. The van der Waals surface area contributed by atoms with Crippen LogP contribution in [0.2, 0.25) is 0 Å². The van der Waals surface area contributed by atoms with E-state index in [2.05, 4.69) is 18.7 Å². The van der Waals surface area contributed by atoms with Crippen LogP contribution in [-0.2, 0) is 11.2 Å². The van der Waals surface area contributed by atoms with Gasteiger partial charge >= 0.3 is 0 Å². The number of rotatable bonds is 6. The summed E-state index contributed by atoms with van der Waals surface area (Å²) < 4.78 is 0. The first-order valence-electron chi connectivity index (χ1n) is 10.8. The minimum Gasteiger partial charge on any atom is -0.353 e. The van der Waals surface area contributed by atoms with Gasteiger partial charge < -0.3 is 9.80 Å². The molecule has 2 aromatic rings. The lowest BCUT2D eigenvalue weighted by molar-refractivity contribution is -0.384. The number of amides is 1. The van der Waals surface area contributed by atoms with Gasteiger partial charge in [-0.2, -0.15) is 0 Å². The summed E-state index contributed by atoms with van der Waals surface area (Å²) in [4.78, 5) is 36.7. The van der Waals surface area contributed by atoms with Crippen LogP contribution < -0.4 is 4.90 Å². The van der Waals surface area contributed by atoms with Crippen molar-refractivity contribution in [2.24, 2.45) is 5.92 Å². The molecule has 0 unspecified atom stereocenters. The van der Waals surface area contributed by atoms with Crippen LogP contribution in [-0.4, -0.2) is 51.9 Å². The van der Waals surface area contributed by atoms with Crippen molar-refractivity contribution in [2.45, 2.75) is 47.0 Å². The van der Waals surface area contributed by atoms with Crippen molar-refractivity contribution in [3.8, 4) is 0 Å². The predicted molar refractivity (Wildman–Crippen MR) is 120 cm³/mol. The molecule has 2 heterocycles. The Kier molecular flexibility index (Phi) is 6.87. The van der Waals surface area contributed by atoms with E-state index in [4.69, 9.17) is 9.97 Å². The maximum atomic E-state index is 12.4. The van der Waals surface area contributed by atoms with Gasteiger partial charge in [-0.15, -0.1) is 0 Å². The molecule has 8 nitrogen and oxygen atoms in total. The van der Waals surface area contributed by atoms with E-state index in [0.29, 0.717) is 19.5 Å². The molecule has 0 bridgehead atoms. The number of hydrogen-bond acceptors (Lipinski definition) is 6. The summed E-state index contributed by atoms with van der Waals surface area (Å²) in [7, 11) is 0. The first-order valence-corrected chi connectivity index (χ1v) is 10.8. The van der Waals surface area contributed by atoms with E-state index in [9.17, 15) is 14.9 Å². The van der Waals surface area contributed by atoms with E-state index in [-0.39, 0.29) is 28.4 Å². The largest absolute Gasteiger partial charge is 0.353 e. The molecule has 0 aliphatic carbocycles. The van der Waals surface area contributed by atoms with Gasteiger partial charge in [-0.25, -0.2) is 9.97 Å². The number of nitro groups is 1. The molecule has 1 aromatic carbocycles. The predicted octanol–water partition coefficient (Wildman–Crippen LogP) is 3.71. The maximum absolute atomic E-state index is 12.4. The average molecular weight is 426 g/mol. The Morgan fingerprint density at radius 2 is 1.68 bits per heavy atom. The number of non-ortho nitro benzene ring substituents is 1. The van der Waals surface area contributed by atoms with Crippen molar-refractivity contribution in [1.29, 1.82) is 0 Å². The van der Waals surface area contributed by atoms with Gasteiger partial charge in [0.25, 0.3) is 5.69 Å². The molecule has 1 fully saturated rings. The minimum absolute atomic E-state index is 0.00177. The van der Waals surface area contributed by atoms with Gasteiger partial charge in [0, 0.05) is 67.8 Å². The molecule has 1 aliphatic heterocycles. The van der Waals surface area contributed by atoms with Crippen LogP contribution in [0.15, 0.2) is 24.3 Å². The lowest BCUT2D eigenvalue weighted by Crippen LogP contribution is -2.50. The minimum atomic E-state index is -0.390. The molecule has 1 saturated heterocycles. The van der Waals surface area contributed by atoms with Crippen LogP contribution >= 0.6 is 0 Å². The molecule has 0 N–H and O–H groups in total. The molecule has 0 radical (unpaired) electrons. The van der Waals surface area contributed by atoms with Crippen molar-refractivity contribution in [3.05, 3.63) is 57.0 Å². The summed E-state index contributed by atoms with van der Waals surface area (Å²) in [6.45, 7) is 12.8. The lowest BCUT2D eigenvalue weighted by atomic mass is 10.0. The highest BCUT2D eigenvalue weighted by atomic mass is 16.6. The van der Waals surface area contributed by atoms with Crippen LogP contribution in [0.5, 0.6) is 0 Å². The monoisotopic (exact) mass is 425 g/mol. The van der Waals surface area contributed by atoms with Crippen molar-refractivity contribution < 1.29 is 9.72 Å². The van der Waals surface area contributed by atoms with Gasteiger partial charge in [-0.3, -0.25) is 14.9 Å². The van der Waals surface area contributed by atoms with Crippen LogP contribution in [0, 0.1) is 23.0 Å². The summed E-state index contributed by atoms with van der Waals surface area (Å²) in [5.41, 5.74) is 3.01. The van der Waals surface area contributed by atoms with E-state index in [1.54, 1.807) is 12.1 Å². The molecule has 0 atom stereocenters. The van der Waals surface area contributed by atoms with E-state index in [1.807, 2.05) is 25.7 Å². The lowest BCUT2D eigenvalue weighted by Gasteiger charge is -2.37. The number of aromatic nitrogens is 2. The Labute approximate surface area is 183 Å². The number of nitro benzene ring substituents is 1. The molecule has 166 valence electrons. The SMILES string of the molecule is Cc1nc(C(C)C)nc(N2CCN(C(=O)C(C)C)CC2)c1Cc1ccc([N+](=O)[O-])cc1. The molecule has 8 heteroatoms. The number of anilines is 1. The molecule has 31 heavy (non-hydrogen) atoms. The standard InChI is InChI=1S/C23H31N5O3/c1-15(2)21-24-17(5)20(14-18-6-8-19(9-7-18)28(30)31)22(25-21)26-10-12-27(13-11-26)23(29)16(3)4/h6-9,15-16H,10-14H2,1-5H3. The quantitative estimate of drug-likeness (QED) is 0.517. The van der Waals surface area contributed by atoms with Crippen molar-refractivity contribution in [2.75, 3.05) is 31.1 Å². The number of nitrogens with zero attached hydrogens (tertiary/aromatic N) is 5. The smallest absolute Gasteiger partial charge is 0.269 e. The molecular weight excluding hydrogens is 394 g/mol. The Balaban J connectivity index is 1.89. The Hall–Kier alpha value is -3.03. The second kappa shape index (κ2) is 9.41. The molecule has 3 rings (SSSR count). The number of carbonyl (C=O) groups excluding carboxylic acids is 1. The van der Waals surface area contributed by atoms with Crippen LogP contribution in [0.1, 0.15) is 56.3 Å². The number of benzene rings is 1. The third-order valence-electron chi connectivity index (χ3n) is 5.64. The molecule has 0 spiro atoms. The molecule has 1 aliphatic rings. The van der Waals surface area contributed by atoms with E-state index in [1.165, 1.54) is 12.1 Å². The number of carbonyl (C=O) groups is 1. The van der Waals surface area contributed by atoms with Crippen molar-refractivity contribution in [1.82, 2.24) is 14.9 Å². The average Bonchev–Trinajstić information content (AvgIpc) is 2.74. The fraction of sp³-hybridized carbons (Fsp3) is 0.522. The van der Waals surface area contributed by atoms with E-state index >= 15 is 0 Å². The van der Waals surface area contributed by atoms with Gasteiger partial charge in [0.2, 0.25) is 5.91 Å². The molecule has 0 saturated carbocycles. The van der Waals surface area contributed by atoms with E-state index in [0.717, 1.165) is 41.6 Å². The van der Waals surface area contributed by atoms with Gasteiger partial charge in [-0.05, 0) is 12.5 Å². The van der Waals surface area contributed by atoms with Crippen molar-refractivity contribution >= 4 is 17.4 Å². The summed E-state index contributed by atoms with van der Waals surface area (Å²) in [6.07, 6.45) is 0.600. The third kappa shape index (κ3) is 5.18. The Morgan fingerprint density at radius 3 is 2.19 bits per heavy atom. The summed E-state index contributed by atoms with van der Waals surface area (Å²) in [6, 6.07) is 6.64. The number of piperazine rings is 1. The zero-order valence-electron chi connectivity index (χ0n) is 19.0. The highest BCUT2D eigenvalue weighted by molar-refractivity contribution is 5.78. The van der Waals surface area contributed by atoms with Crippen LogP contribution in [0.4, 0.5) is 11.5 Å². The molecule has 1 aromatic heterocycles.